The van der Waals surface area contributed by atoms with Crippen LogP contribution in [0.4, 0.5) is 0 Å². The minimum Gasteiger partial charge on any atom is -0.461 e. The van der Waals surface area contributed by atoms with Crippen LogP contribution < -0.4 is 10.2 Å². The molecule has 3 aromatic rings. The van der Waals surface area contributed by atoms with E-state index in [1.54, 1.807) is 6.08 Å². The van der Waals surface area contributed by atoms with E-state index in [-0.39, 0.29) is 11.2 Å². The van der Waals surface area contributed by atoms with Crippen LogP contribution in [-0.2, 0) is 0 Å². The van der Waals surface area contributed by atoms with E-state index < -0.39 is 0 Å². The summed E-state index contributed by atoms with van der Waals surface area (Å²) in [4.78, 5) is 12.2. The average molecular weight is 318 g/mol. The number of hydrogen-bond donors (Lipinski definition) is 0. The van der Waals surface area contributed by atoms with Gasteiger partial charge in [-0.1, -0.05) is 54.1 Å². The minimum atomic E-state index is -0.214. The fourth-order valence-electron chi connectivity index (χ4n) is 2.35. The predicted octanol–water partition coefficient (Wildman–Crippen LogP) is 5.22. The van der Waals surface area contributed by atoms with Crippen molar-refractivity contribution in [1.82, 2.24) is 0 Å². The number of ether oxygens (including phenoxy) is 1. The Bertz CT molecular complexity index is 921. The Kier molecular flexibility index (Phi) is 4.62. The Hall–Kier alpha value is -3.07. The summed E-state index contributed by atoms with van der Waals surface area (Å²) in [7, 11) is 0. The van der Waals surface area contributed by atoms with Crippen LogP contribution in [0.1, 0.15) is 22.5 Å². The second-order valence-corrected chi connectivity index (χ2v) is 5.63. The first-order valence-corrected chi connectivity index (χ1v) is 7.73. The van der Waals surface area contributed by atoms with Gasteiger partial charge in [-0.2, -0.15) is 0 Å². The van der Waals surface area contributed by atoms with Gasteiger partial charge in [0.15, 0.2) is 0 Å². The molecular weight excluding hydrogens is 300 g/mol. The van der Waals surface area contributed by atoms with Gasteiger partial charge in [-0.25, -0.2) is 0 Å². The van der Waals surface area contributed by atoms with Gasteiger partial charge in [0, 0.05) is 6.07 Å². The lowest BCUT2D eigenvalue weighted by Gasteiger charge is -2.08. The Morgan fingerprint density at radius 2 is 1.71 bits per heavy atom. The second kappa shape index (κ2) is 7.01. The van der Waals surface area contributed by atoms with Gasteiger partial charge in [-0.05, 0) is 37.1 Å². The molecule has 3 rings (SSSR count). The molecule has 2 aromatic carbocycles. The number of aryl methyl sites for hydroxylation is 2. The Morgan fingerprint density at radius 1 is 0.917 bits per heavy atom. The van der Waals surface area contributed by atoms with Crippen molar-refractivity contribution in [2.45, 2.75) is 13.8 Å². The summed E-state index contributed by atoms with van der Waals surface area (Å²) < 4.78 is 11.2. The third kappa shape index (κ3) is 3.82. The molecule has 1 heterocycles. The van der Waals surface area contributed by atoms with E-state index in [2.05, 4.69) is 0 Å². The Balaban J connectivity index is 1.80. The van der Waals surface area contributed by atoms with E-state index in [1.807, 2.05) is 68.5 Å². The van der Waals surface area contributed by atoms with E-state index in [4.69, 9.17) is 9.15 Å². The molecule has 0 amide bonds. The molecule has 3 heteroatoms. The van der Waals surface area contributed by atoms with Crippen molar-refractivity contribution in [2.24, 2.45) is 0 Å². The molecule has 0 aliphatic carbocycles. The summed E-state index contributed by atoms with van der Waals surface area (Å²) in [6.45, 7) is 3.96. The monoisotopic (exact) mass is 318 g/mol. The standard InChI is InChI=1S/C21H18O3/c1-15-8-11-20(16(2)12-15)24-21-14-23-18(13-19(21)22)10-9-17-6-4-3-5-7-17/h3-14H,1-2H3/b10-9+. The maximum atomic E-state index is 12.2. The van der Waals surface area contributed by atoms with E-state index in [1.165, 1.54) is 12.3 Å². The molecule has 0 spiro atoms. The van der Waals surface area contributed by atoms with Crippen LogP contribution in [-0.4, -0.2) is 0 Å². The highest BCUT2D eigenvalue weighted by Gasteiger charge is 2.07. The average Bonchev–Trinajstić information content (AvgIpc) is 2.58. The summed E-state index contributed by atoms with van der Waals surface area (Å²) in [6, 6.07) is 17.1. The highest BCUT2D eigenvalue weighted by atomic mass is 16.5. The van der Waals surface area contributed by atoms with Crippen molar-refractivity contribution >= 4 is 12.2 Å². The first kappa shape index (κ1) is 15.8. The molecule has 3 nitrogen and oxygen atoms in total. The highest BCUT2D eigenvalue weighted by Crippen LogP contribution is 2.24. The first-order valence-electron chi connectivity index (χ1n) is 7.73. The van der Waals surface area contributed by atoms with E-state index >= 15 is 0 Å². The zero-order valence-corrected chi connectivity index (χ0v) is 13.7. The van der Waals surface area contributed by atoms with E-state index in [9.17, 15) is 4.79 Å². The molecule has 0 aliphatic heterocycles. The van der Waals surface area contributed by atoms with Gasteiger partial charge in [-0.3, -0.25) is 4.79 Å². The Labute approximate surface area is 140 Å². The fourth-order valence-corrected chi connectivity index (χ4v) is 2.35. The van der Waals surface area contributed by atoms with Crippen LogP contribution in [0.5, 0.6) is 11.5 Å². The molecule has 1 aromatic heterocycles. The molecule has 0 fully saturated rings. The molecule has 120 valence electrons. The van der Waals surface area contributed by atoms with E-state index in [0.717, 1.165) is 16.7 Å². The maximum absolute atomic E-state index is 12.2. The predicted molar refractivity (Wildman–Crippen MR) is 96.3 cm³/mol. The number of hydrogen-bond acceptors (Lipinski definition) is 3. The zero-order valence-electron chi connectivity index (χ0n) is 13.7. The second-order valence-electron chi connectivity index (χ2n) is 5.63. The first-order chi connectivity index (χ1) is 11.6. The molecule has 0 bridgehead atoms. The lowest BCUT2D eigenvalue weighted by atomic mass is 10.1. The van der Waals surface area contributed by atoms with Crippen LogP contribution in [0.3, 0.4) is 0 Å². The third-order valence-corrected chi connectivity index (χ3v) is 3.61. The topological polar surface area (TPSA) is 39.4 Å². The lowest BCUT2D eigenvalue weighted by molar-refractivity contribution is 0.433. The molecule has 24 heavy (non-hydrogen) atoms. The maximum Gasteiger partial charge on any atom is 0.227 e. The minimum absolute atomic E-state index is 0.179. The molecule has 0 saturated heterocycles. The summed E-state index contributed by atoms with van der Waals surface area (Å²) in [5.41, 5.74) is 2.94. The van der Waals surface area contributed by atoms with Crippen molar-refractivity contribution in [3.63, 3.8) is 0 Å². The summed E-state index contributed by atoms with van der Waals surface area (Å²) in [6.07, 6.45) is 5.01. The van der Waals surface area contributed by atoms with Crippen LogP contribution in [0.25, 0.3) is 12.2 Å². The summed E-state index contributed by atoms with van der Waals surface area (Å²) >= 11 is 0. The third-order valence-electron chi connectivity index (χ3n) is 3.61. The van der Waals surface area contributed by atoms with Crippen molar-refractivity contribution in [3.8, 4) is 11.5 Å². The smallest absolute Gasteiger partial charge is 0.227 e. The summed E-state index contributed by atoms with van der Waals surface area (Å²) in [5, 5.41) is 0. The van der Waals surface area contributed by atoms with Crippen LogP contribution in [0, 0.1) is 13.8 Å². The normalized spacial score (nSPS) is 10.9. The molecule has 0 unspecified atom stereocenters. The quantitative estimate of drug-likeness (QED) is 0.662. The lowest BCUT2D eigenvalue weighted by Crippen LogP contribution is -2.04. The van der Waals surface area contributed by atoms with Gasteiger partial charge in [0.05, 0.1) is 0 Å². The zero-order chi connectivity index (χ0) is 16.9. The van der Waals surface area contributed by atoms with Gasteiger partial charge in [0.1, 0.15) is 17.8 Å². The van der Waals surface area contributed by atoms with E-state index in [0.29, 0.717) is 11.5 Å². The largest absolute Gasteiger partial charge is 0.461 e. The van der Waals surface area contributed by atoms with Crippen molar-refractivity contribution in [3.05, 3.63) is 93.5 Å². The van der Waals surface area contributed by atoms with Crippen LogP contribution in [0.15, 0.2) is 70.1 Å². The number of benzene rings is 2. The molecular formula is C21H18O3. The molecule has 0 radical (unpaired) electrons. The Morgan fingerprint density at radius 3 is 2.42 bits per heavy atom. The van der Waals surface area contributed by atoms with Gasteiger partial charge in [-0.15, -0.1) is 0 Å². The SMILES string of the molecule is Cc1ccc(Oc2coc(/C=C/c3ccccc3)cc2=O)c(C)c1. The van der Waals surface area contributed by atoms with Crippen LogP contribution >= 0.6 is 0 Å². The van der Waals surface area contributed by atoms with Crippen molar-refractivity contribution < 1.29 is 9.15 Å². The molecule has 0 N–H and O–H groups in total. The van der Waals surface area contributed by atoms with Gasteiger partial charge < -0.3 is 9.15 Å². The van der Waals surface area contributed by atoms with Gasteiger partial charge in [0.25, 0.3) is 0 Å². The van der Waals surface area contributed by atoms with Crippen molar-refractivity contribution in [1.29, 1.82) is 0 Å². The summed E-state index contributed by atoms with van der Waals surface area (Å²) in [5.74, 6) is 1.32. The molecule has 0 saturated carbocycles. The number of rotatable bonds is 4. The van der Waals surface area contributed by atoms with Gasteiger partial charge >= 0.3 is 0 Å². The van der Waals surface area contributed by atoms with Crippen LogP contribution in [0.2, 0.25) is 0 Å². The fraction of sp³-hybridized carbons (Fsp3) is 0.0952. The van der Waals surface area contributed by atoms with Gasteiger partial charge in [0.2, 0.25) is 11.2 Å². The molecule has 0 aliphatic rings. The highest BCUT2D eigenvalue weighted by molar-refractivity contribution is 5.67. The van der Waals surface area contributed by atoms with Crippen molar-refractivity contribution in [2.75, 3.05) is 0 Å². The molecule has 0 atom stereocenters.